The van der Waals surface area contributed by atoms with Crippen molar-refractivity contribution in [2.75, 3.05) is 26.4 Å². The molecule has 14 heavy (non-hydrogen) atoms. The van der Waals surface area contributed by atoms with E-state index >= 15 is 0 Å². The number of hydrogen-bond acceptors (Lipinski definition) is 4. The van der Waals surface area contributed by atoms with Crippen LogP contribution in [-0.4, -0.2) is 46.8 Å². The summed E-state index contributed by atoms with van der Waals surface area (Å²) in [5.74, 6) is -1.10. The molecule has 0 aromatic carbocycles. The molecule has 0 atom stereocenters. The minimum atomic E-state index is -1.10. The van der Waals surface area contributed by atoms with Crippen LogP contribution < -0.4 is 5.73 Å². The van der Waals surface area contributed by atoms with Gasteiger partial charge >= 0.3 is 5.97 Å². The number of aromatic amines is 1. The molecule has 4 N–H and O–H groups in total. The predicted molar refractivity (Wildman–Crippen MR) is 52.2 cm³/mol. The lowest BCUT2D eigenvalue weighted by Gasteiger charge is -2.07. The molecule has 6 heteroatoms. The number of carbonyl (C=O) groups is 1. The molecule has 0 bridgehead atoms. The van der Waals surface area contributed by atoms with Gasteiger partial charge in [-0.05, 0) is 14.1 Å². The summed E-state index contributed by atoms with van der Waals surface area (Å²) in [7, 11) is 3.87. The van der Waals surface area contributed by atoms with Crippen molar-refractivity contribution in [1.29, 1.82) is 0 Å². The van der Waals surface area contributed by atoms with E-state index < -0.39 is 5.97 Å². The molecule has 1 aromatic heterocycles. The number of likely N-dealkylation sites (N-methyl/N-ethyl adjacent to an activating group) is 1. The Kier molecular flexibility index (Phi) is 3.08. The SMILES string of the molecule is CN(C)CCc1[nH]nc(C(=O)O)c1N. The Balaban J connectivity index is 2.74. The molecular formula is C8H14N4O2. The lowest BCUT2D eigenvalue weighted by molar-refractivity contribution is 0.0691. The van der Waals surface area contributed by atoms with E-state index in [1.165, 1.54) is 0 Å². The van der Waals surface area contributed by atoms with Crippen molar-refractivity contribution in [2.24, 2.45) is 0 Å². The third-order valence-electron chi connectivity index (χ3n) is 1.89. The van der Waals surface area contributed by atoms with E-state index in [9.17, 15) is 4.79 Å². The number of aromatic nitrogens is 2. The monoisotopic (exact) mass is 198 g/mol. The van der Waals surface area contributed by atoms with E-state index in [0.29, 0.717) is 12.1 Å². The van der Waals surface area contributed by atoms with Crippen molar-refractivity contribution in [1.82, 2.24) is 15.1 Å². The van der Waals surface area contributed by atoms with Gasteiger partial charge in [-0.1, -0.05) is 0 Å². The molecule has 0 aliphatic carbocycles. The number of nitrogens with one attached hydrogen (secondary N) is 1. The van der Waals surface area contributed by atoms with Crippen LogP contribution >= 0.6 is 0 Å². The van der Waals surface area contributed by atoms with Crippen molar-refractivity contribution >= 4 is 11.7 Å². The number of anilines is 1. The topological polar surface area (TPSA) is 95.2 Å². The number of carboxylic acids is 1. The van der Waals surface area contributed by atoms with Crippen LogP contribution in [0.5, 0.6) is 0 Å². The van der Waals surface area contributed by atoms with E-state index in [2.05, 4.69) is 10.2 Å². The minimum absolute atomic E-state index is 0.0984. The van der Waals surface area contributed by atoms with Gasteiger partial charge in [0.15, 0.2) is 5.69 Å². The summed E-state index contributed by atoms with van der Waals surface area (Å²) in [5.41, 5.74) is 6.41. The first kappa shape index (κ1) is 10.5. The normalized spacial score (nSPS) is 10.8. The van der Waals surface area contributed by atoms with Gasteiger partial charge in [0.25, 0.3) is 0 Å². The Labute approximate surface area is 81.7 Å². The summed E-state index contributed by atoms with van der Waals surface area (Å²) < 4.78 is 0. The molecule has 0 saturated heterocycles. The van der Waals surface area contributed by atoms with Crippen LogP contribution in [0.25, 0.3) is 0 Å². The van der Waals surface area contributed by atoms with Crippen LogP contribution in [0, 0.1) is 0 Å². The summed E-state index contributed by atoms with van der Waals surface area (Å²) in [6.07, 6.45) is 0.666. The molecule has 78 valence electrons. The number of aromatic carboxylic acids is 1. The maximum atomic E-state index is 10.6. The molecule has 6 nitrogen and oxygen atoms in total. The molecule has 0 spiro atoms. The molecule has 0 saturated carbocycles. The highest BCUT2D eigenvalue weighted by Gasteiger charge is 2.15. The third kappa shape index (κ3) is 2.23. The highest BCUT2D eigenvalue weighted by molar-refractivity contribution is 5.91. The Morgan fingerprint density at radius 3 is 2.71 bits per heavy atom. The van der Waals surface area contributed by atoms with Crippen molar-refractivity contribution in [3.63, 3.8) is 0 Å². The summed E-state index contributed by atoms with van der Waals surface area (Å²) in [6.45, 7) is 0.797. The first-order chi connectivity index (χ1) is 6.52. The zero-order valence-corrected chi connectivity index (χ0v) is 8.24. The van der Waals surface area contributed by atoms with Gasteiger partial charge in [-0.2, -0.15) is 5.10 Å². The number of nitrogens with zero attached hydrogens (tertiary/aromatic N) is 2. The highest BCUT2D eigenvalue weighted by atomic mass is 16.4. The molecular weight excluding hydrogens is 184 g/mol. The Morgan fingerprint density at radius 2 is 2.29 bits per heavy atom. The molecule has 0 amide bonds. The average Bonchev–Trinajstić information content (AvgIpc) is 2.43. The molecule has 0 unspecified atom stereocenters. The Bertz CT molecular complexity index is 332. The summed E-state index contributed by atoms with van der Waals surface area (Å²) in [5, 5.41) is 14.9. The molecule has 0 aliphatic rings. The van der Waals surface area contributed by atoms with Crippen LogP contribution in [-0.2, 0) is 6.42 Å². The van der Waals surface area contributed by atoms with Crippen molar-refractivity contribution in [2.45, 2.75) is 6.42 Å². The smallest absolute Gasteiger partial charge is 0.358 e. The van der Waals surface area contributed by atoms with Gasteiger partial charge in [0.1, 0.15) is 0 Å². The third-order valence-corrected chi connectivity index (χ3v) is 1.89. The molecule has 1 rings (SSSR count). The molecule has 0 radical (unpaired) electrons. The van der Waals surface area contributed by atoms with Crippen LogP contribution in [0.4, 0.5) is 5.69 Å². The van der Waals surface area contributed by atoms with E-state index in [-0.39, 0.29) is 11.4 Å². The average molecular weight is 198 g/mol. The maximum Gasteiger partial charge on any atom is 0.358 e. The minimum Gasteiger partial charge on any atom is -0.476 e. The number of hydrogen-bond donors (Lipinski definition) is 3. The van der Waals surface area contributed by atoms with Crippen LogP contribution in [0.15, 0.2) is 0 Å². The second-order valence-corrected chi connectivity index (χ2v) is 3.32. The highest BCUT2D eigenvalue weighted by Crippen LogP contribution is 2.14. The fourth-order valence-electron chi connectivity index (χ4n) is 1.08. The standard InChI is InChI=1S/C8H14N4O2/c1-12(2)4-3-5-6(9)7(8(13)14)11-10-5/h3-4,9H2,1-2H3,(H,10,11)(H,13,14). The second kappa shape index (κ2) is 4.10. The first-order valence-corrected chi connectivity index (χ1v) is 4.23. The van der Waals surface area contributed by atoms with Gasteiger partial charge in [-0.15, -0.1) is 0 Å². The van der Waals surface area contributed by atoms with Crippen molar-refractivity contribution < 1.29 is 9.90 Å². The van der Waals surface area contributed by atoms with Gasteiger partial charge in [0, 0.05) is 13.0 Å². The van der Waals surface area contributed by atoms with Crippen LogP contribution in [0.1, 0.15) is 16.2 Å². The van der Waals surface area contributed by atoms with E-state index in [4.69, 9.17) is 10.8 Å². The van der Waals surface area contributed by atoms with E-state index in [1.807, 2.05) is 19.0 Å². The molecule has 1 heterocycles. The van der Waals surface area contributed by atoms with E-state index in [1.54, 1.807) is 0 Å². The maximum absolute atomic E-state index is 10.6. The van der Waals surface area contributed by atoms with Gasteiger partial charge in [-0.3, -0.25) is 5.10 Å². The molecule has 0 fully saturated rings. The van der Waals surface area contributed by atoms with Gasteiger partial charge in [0.2, 0.25) is 0 Å². The van der Waals surface area contributed by atoms with Crippen LogP contribution in [0.3, 0.4) is 0 Å². The van der Waals surface area contributed by atoms with Gasteiger partial charge in [-0.25, -0.2) is 4.79 Å². The second-order valence-electron chi connectivity index (χ2n) is 3.32. The lowest BCUT2D eigenvalue weighted by atomic mass is 10.2. The first-order valence-electron chi connectivity index (χ1n) is 4.23. The zero-order valence-electron chi connectivity index (χ0n) is 8.24. The number of H-pyrrole nitrogens is 1. The summed E-state index contributed by atoms with van der Waals surface area (Å²) in [4.78, 5) is 12.6. The lowest BCUT2D eigenvalue weighted by Crippen LogP contribution is -2.15. The number of rotatable bonds is 4. The van der Waals surface area contributed by atoms with Crippen molar-refractivity contribution in [3.8, 4) is 0 Å². The van der Waals surface area contributed by atoms with Gasteiger partial charge < -0.3 is 15.7 Å². The quantitative estimate of drug-likeness (QED) is 0.622. The fourth-order valence-corrected chi connectivity index (χ4v) is 1.08. The van der Waals surface area contributed by atoms with Crippen LogP contribution in [0.2, 0.25) is 0 Å². The molecule has 0 aliphatic heterocycles. The Morgan fingerprint density at radius 1 is 1.64 bits per heavy atom. The van der Waals surface area contributed by atoms with E-state index in [0.717, 1.165) is 6.54 Å². The Hall–Kier alpha value is -1.56. The predicted octanol–water partition coefficient (Wildman–Crippen LogP) is -0.206. The van der Waals surface area contributed by atoms with Gasteiger partial charge in [0.05, 0.1) is 11.4 Å². The summed E-state index contributed by atoms with van der Waals surface area (Å²) in [6, 6.07) is 0. The molecule has 1 aromatic rings. The van der Waals surface area contributed by atoms with Crippen molar-refractivity contribution in [3.05, 3.63) is 11.4 Å². The fraction of sp³-hybridized carbons (Fsp3) is 0.500. The number of nitrogens with two attached hydrogens (primary N) is 1. The number of carboxylic acid groups (broad SMARTS) is 1. The number of nitrogen functional groups attached to an aromatic ring is 1. The summed E-state index contributed by atoms with van der Waals surface area (Å²) >= 11 is 0. The zero-order chi connectivity index (χ0) is 10.7. The largest absolute Gasteiger partial charge is 0.476 e.